The third-order valence-corrected chi connectivity index (χ3v) is 8.36. The van der Waals surface area contributed by atoms with Gasteiger partial charge in [-0.15, -0.1) is 0 Å². The zero-order valence-corrected chi connectivity index (χ0v) is 22.6. The van der Waals surface area contributed by atoms with Crippen molar-refractivity contribution in [1.29, 1.82) is 0 Å². The molecule has 40 heavy (non-hydrogen) atoms. The molecule has 1 aliphatic heterocycles. The summed E-state index contributed by atoms with van der Waals surface area (Å²) in [4.78, 5) is 32.7. The minimum absolute atomic E-state index is 0.0589. The first-order chi connectivity index (χ1) is 19.7. The van der Waals surface area contributed by atoms with E-state index in [2.05, 4.69) is 36.4 Å². The SMILES string of the molecule is O=C(CC1CCCCC1)Nc1cncc(-c2ccc3[nH]nc(-c4cc5c(N6CCCCC6)nccc5[nH]4)c3n2)c1. The molecule has 0 aromatic carbocycles. The van der Waals surface area contributed by atoms with Gasteiger partial charge in [0, 0.05) is 42.9 Å². The van der Waals surface area contributed by atoms with Gasteiger partial charge in [-0.2, -0.15) is 5.10 Å². The van der Waals surface area contributed by atoms with Crippen LogP contribution in [-0.2, 0) is 4.79 Å². The largest absolute Gasteiger partial charge is 0.356 e. The van der Waals surface area contributed by atoms with E-state index in [1.54, 1.807) is 12.4 Å². The molecule has 5 aromatic rings. The maximum absolute atomic E-state index is 12.7. The fourth-order valence-electron chi connectivity index (χ4n) is 6.29. The van der Waals surface area contributed by atoms with Crippen LogP contribution in [0.3, 0.4) is 0 Å². The van der Waals surface area contributed by atoms with Crippen molar-refractivity contribution in [2.75, 3.05) is 23.3 Å². The van der Waals surface area contributed by atoms with Crippen molar-refractivity contribution in [3.63, 3.8) is 0 Å². The first-order valence-electron chi connectivity index (χ1n) is 14.5. The summed E-state index contributed by atoms with van der Waals surface area (Å²) < 4.78 is 0. The van der Waals surface area contributed by atoms with Crippen LogP contribution in [-0.4, -0.2) is 49.1 Å². The van der Waals surface area contributed by atoms with Crippen LogP contribution in [0.5, 0.6) is 0 Å². The van der Waals surface area contributed by atoms with Crippen molar-refractivity contribution >= 4 is 39.3 Å². The number of aromatic nitrogens is 6. The first-order valence-corrected chi connectivity index (χ1v) is 14.5. The number of rotatable bonds is 6. The van der Waals surface area contributed by atoms with Crippen molar-refractivity contribution in [2.45, 2.75) is 57.8 Å². The molecule has 0 spiro atoms. The van der Waals surface area contributed by atoms with Crippen molar-refractivity contribution in [3.8, 4) is 22.6 Å². The molecular formula is C31H34N8O. The van der Waals surface area contributed by atoms with Crippen LogP contribution in [0.15, 0.2) is 48.9 Å². The normalized spacial score (nSPS) is 16.6. The highest BCUT2D eigenvalue weighted by Gasteiger charge is 2.20. The molecule has 2 fully saturated rings. The summed E-state index contributed by atoms with van der Waals surface area (Å²) in [6, 6.07) is 10.0. The predicted octanol–water partition coefficient (Wildman–Crippen LogP) is 6.46. The Bertz CT molecular complexity index is 1660. The number of nitrogens with one attached hydrogen (secondary N) is 3. The van der Waals surface area contributed by atoms with E-state index in [1.165, 1.54) is 38.5 Å². The second-order valence-electron chi connectivity index (χ2n) is 11.2. The molecule has 0 bridgehead atoms. The molecule has 5 aromatic heterocycles. The lowest BCUT2D eigenvalue weighted by Crippen LogP contribution is -2.30. The monoisotopic (exact) mass is 534 g/mol. The van der Waals surface area contributed by atoms with E-state index >= 15 is 0 Å². The third-order valence-electron chi connectivity index (χ3n) is 8.36. The van der Waals surface area contributed by atoms with Crippen molar-refractivity contribution < 1.29 is 4.79 Å². The average molecular weight is 535 g/mol. The Morgan fingerprint density at radius 3 is 2.70 bits per heavy atom. The lowest BCUT2D eigenvalue weighted by atomic mass is 9.87. The van der Waals surface area contributed by atoms with Crippen molar-refractivity contribution in [1.82, 2.24) is 30.1 Å². The number of aromatic amines is 2. The molecule has 6 heterocycles. The van der Waals surface area contributed by atoms with E-state index in [9.17, 15) is 4.79 Å². The van der Waals surface area contributed by atoms with Gasteiger partial charge in [0.25, 0.3) is 0 Å². The van der Waals surface area contributed by atoms with Gasteiger partial charge in [0.15, 0.2) is 0 Å². The third kappa shape index (κ3) is 4.92. The molecule has 1 saturated carbocycles. The van der Waals surface area contributed by atoms with E-state index in [0.717, 1.165) is 76.3 Å². The summed E-state index contributed by atoms with van der Waals surface area (Å²) in [6.45, 7) is 2.08. The van der Waals surface area contributed by atoms with Gasteiger partial charge in [-0.3, -0.25) is 14.9 Å². The van der Waals surface area contributed by atoms with E-state index in [4.69, 9.17) is 9.97 Å². The number of carbonyl (C=O) groups excluding carboxylic acids is 1. The van der Waals surface area contributed by atoms with Crippen molar-refractivity contribution in [2.24, 2.45) is 5.92 Å². The van der Waals surface area contributed by atoms with Crippen LogP contribution in [0, 0.1) is 5.92 Å². The Morgan fingerprint density at radius 1 is 0.975 bits per heavy atom. The number of anilines is 2. The molecule has 1 aliphatic carbocycles. The van der Waals surface area contributed by atoms with Crippen LogP contribution in [0.2, 0.25) is 0 Å². The minimum Gasteiger partial charge on any atom is -0.356 e. The van der Waals surface area contributed by atoms with Gasteiger partial charge in [-0.05, 0) is 68.4 Å². The van der Waals surface area contributed by atoms with Gasteiger partial charge in [0.2, 0.25) is 5.91 Å². The maximum Gasteiger partial charge on any atom is 0.224 e. The Hall–Kier alpha value is -4.27. The molecule has 0 radical (unpaired) electrons. The number of carbonyl (C=O) groups is 1. The van der Waals surface area contributed by atoms with Gasteiger partial charge in [0.05, 0.1) is 34.3 Å². The molecule has 1 amide bonds. The predicted molar refractivity (Wildman–Crippen MR) is 158 cm³/mol. The van der Waals surface area contributed by atoms with Gasteiger partial charge < -0.3 is 15.2 Å². The molecule has 7 rings (SSSR count). The Kier molecular flexibility index (Phi) is 6.63. The quantitative estimate of drug-likeness (QED) is 0.230. The lowest BCUT2D eigenvalue weighted by Gasteiger charge is -2.28. The number of fused-ring (bicyclic) bond motifs is 2. The highest BCUT2D eigenvalue weighted by molar-refractivity contribution is 5.98. The van der Waals surface area contributed by atoms with Crippen LogP contribution in [0.4, 0.5) is 11.5 Å². The van der Waals surface area contributed by atoms with Crippen molar-refractivity contribution in [3.05, 3.63) is 48.9 Å². The summed E-state index contributed by atoms with van der Waals surface area (Å²) in [6.07, 6.45) is 15.7. The first kappa shape index (κ1) is 24.7. The van der Waals surface area contributed by atoms with Crippen LogP contribution >= 0.6 is 0 Å². The van der Waals surface area contributed by atoms with E-state index in [1.807, 2.05) is 30.5 Å². The number of H-pyrrole nitrogens is 2. The fraction of sp³-hybridized carbons (Fsp3) is 0.387. The number of nitrogens with zero attached hydrogens (tertiary/aromatic N) is 5. The molecule has 0 atom stereocenters. The number of hydrogen-bond acceptors (Lipinski definition) is 6. The van der Waals surface area contributed by atoms with Gasteiger partial charge >= 0.3 is 0 Å². The van der Waals surface area contributed by atoms with E-state index in [0.29, 0.717) is 18.0 Å². The molecule has 0 unspecified atom stereocenters. The van der Waals surface area contributed by atoms with Gasteiger partial charge in [0.1, 0.15) is 17.0 Å². The summed E-state index contributed by atoms with van der Waals surface area (Å²) in [7, 11) is 0. The summed E-state index contributed by atoms with van der Waals surface area (Å²) in [5.74, 6) is 1.58. The second kappa shape index (κ2) is 10.7. The second-order valence-corrected chi connectivity index (χ2v) is 11.2. The average Bonchev–Trinajstić information content (AvgIpc) is 3.62. The summed E-state index contributed by atoms with van der Waals surface area (Å²) in [5, 5.41) is 11.9. The van der Waals surface area contributed by atoms with Crippen LogP contribution in [0.25, 0.3) is 44.6 Å². The highest BCUT2D eigenvalue weighted by Crippen LogP contribution is 2.34. The molecule has 204 valence electrons. The Morgan fingerprint density at radius 2 is 1.82 bits per heavy atom. The number of piperidine rings is 1. The standard InChI is InChI=1S/C31H34N8O/c40-28(15-20-7-3-1-4-8-20)34-22-16-21(18-32-19-22)24-9-10-26-29(36-24)30(38-37-26)27-17-23-25(35-27)11-12-33-31(23)39-13-5-2-6-14-39/h9-12,16-20,35H,1-8,13-15H2,(H,34,40)(H,37,38). The molecule has 9 nitrogen and oxygen atoms in total. The zero-order chi connectivity index (χ0) is 26.9. The number of pyridine rings is 3. The smallest absolute Gasteiger partial charge is 0.224 e. The van der Waals surface area contributed by atoms with Gasteiger partial charge in [-0.25, -0.2) is 9.97 Å². The molecule has 1 saturated heterocycles. The molecule has 9 heteroatoms. The Labute approximate surface area is 232 Å². The van der Waals surface area contributed by atoms with Crippen LogP contribution in [0.1, 0.15) is 57.8 Å². The lowest BCUT2D eigenvalue weighted by molar-refractivity contribution is -0.117. The zero-order valence-electron chi connectivity index (χ0n) is 22.6. The minimum atomic E-state index is 0.0589. The summed E-state index contributed by atoms with van der Waals surface area (Å²) >= 11 is 0. The van der Waals surface area contributed by atoms with E-state index < -0.39 is 0 Å². The number of hydrogen-bond donors (Lipinski definition) is 3. The fourth-order valence-corrected chi connectivity index (χ4v) is 6.29. The van der Waals surface area contributed by atoms with Gasteiger partial charge in [-0.1, -0.05) is 19.3 Å². The van der Waals surface area contributed by atoms with Crippen LogP contribution < -0.4 is 10.2 Å². The highest BCUT2D eigenvalue weighted by atomic mass is 16.1. The number of amides is 1. The maximum atomic E-state index is 12.7. The van der Waals surface area contributed by atoms with E-state index in [-0.39, 0.29) is 5.91 Å². The molecule has 2 aliphatic rings. The Balaban J connectivity index is 1.17. The molecule has 3 N–H and O–H groups in total. The molecular weight excluding hydrogens is 500 g/mol. The topological polar surface area (TPSA) is 115 Å². The summed E-state index contributed by atoms with van der Waals surface area (Å²) in [5.41, 5.74) is 6.66.